The monoisotopic (exact) mass is 386 g/mol. The highest BCUT2D eigenvalue weighted by atomic mass is 32.1. The third-order valence-corrected chi connectivity index (χ3v) is 5.03. The van der Waals surface area contributed by atoms with Crippen molar-refractivity contribution in [3.63, 3.8) is 0 Å². The molecule has 1 aliphatic rings. The Hall–Kier alpha value is -3.31. The van der Waals surface area contributed by atoms with Gasteiger partial charge in [-0.25, -0.2) is 0 Å². The van der Waals surface area contributed by atoms with Crippen LogP contribution in [-0.2, 0) is 0 Å². The summed E-state index contributed by atoms with van der Waals surface area (Å²) < 4.78 is 0. The first-order chi connectivity index (χ1) is 13.5. The fourth-order valence-electron chi connectivity index (χ4n) is 3.48. The maximum Gasteiger partial charge on any atom is 0.196 e. The van der Waals surface area contributed by atoms with E-state index in [1.807, 2.05) is 26.0 Å². The molecule has 0 aliphatic heterocycles. The Morgan fingerprint density at radius 1 is 0.750 bits per heavy atom. The zero-order chi connectivity index (χ0) is 19.8. The first-order valence-electron chi connectivity index (χ1n) is 8.92. The minimum absolute atomic E-state index is 0.151. The van der Waals surface area contributed by atoms with Crippen molar-refractivity contribution in [1.82, 2.24) is 0 Å². The van der Waals surface area contributed by atoms with Crippen LogP contribution in [0.25, 0.3) is 0 Å². The molecule has 0 heterocycles. The largest absolute Gasteiger partial charge is 0.332 e. The zero-order valence-corrected chi connectivity index (χ0v) is 16.3. The molecule has 28 heavy (non-hydrogen) atoms. The molecule has 0 saturated carbocycles. The van der Waals surface area contributed by atoms with Gasteiger partial charge in [-0.1, -0.05) is 54.1 Å². The molecule has 0 unspecified atom stereocenters. The van der Waals surface area contributed by atoms with Crippen LogP contribution < -0.4 is 10.6 Å². The number of anilines is 2. The highest BCUT2D eigenvalue weighted by molar-refractivity contribution is 7.80. The molecule has 3 aromatic carbocycles. The fourth-order valence-corrected chi connectivity index (χ4v) is 3.70. The highest BCUT2D eigenvalue weighted by Gasteiger charge is 2.31. The maximum atomic E-state index is 13.0. The summed E-state index contributed by atoms with van der Waals surface area (Å²) in [4.78, 5) is 25.9. The molecule has 3 aromatic rings. The van der Waals surface area contributed by atoms with Gasteiger partial charge in [0.15, 0.2) is 16.7 Å². The van der Waals surface area contributed by atoms with Crippen LogP contribution in [0.3, 0.4) is 0 Å². The van der Waals surface area contributed by atoms with Gasteiger partial charge in [0.2, 0.25) is 0 Å². The molecule has 4 rings (SSSR count). The van der Waals surface area contributed by atoms with E-state index in [0.717, 1.165) is 11.3 Å². The molecular weight excluding hydrogens is 368 g/mol. The van der Waals surface area contributed by atoms with Gasteiger partial charge in [-0.05, 0) is 43.8 Å². The van der Waals surface area contributed by atoms with Crippen LogP contribution in [-0.4, -0.2) is 16.7 Å². The van der Waals surface area contributed by atoms with Crippen molar-refractivity contribution in [3.05, 3.63) is 94.0 Å². The first-order valence-corrected chi connectivity index (χ1v) is 9.33. The molecular formula is C23H18N2O2S. The Morgan fingerprint density at radius 3 is 2.11 bits per heavy atom. The van der Waals surface area contributed by atoms with E-state index in [-0.39, 0.29) is 11.6 Å². The average molecular weight is 386 g/mol. The second kappa shape index (κ2) is 7.02. The van der Waals surface area contributed by atoms with E-state index in [2.05, 4.69) is 16.7 Å². The predicted molar refractivity (Wildman–Crippen MR) is 116 cm³/mol. The number of rotatable bonds is 2. The van der Waals surface area contributed by atoms with Crippen LogP contribution >= 0.6 is 12.2 Å². The summed E-state index contributed by atoms with van der Waals surface area (Å²) >= 11 is 5.44. The third kappa shape index (κ3) is 3.10. The predicted octanol–water partition coefficient (Wildman–Crippen LogP) is 4.89. The van der Waals surface area contributed by atoms with Crippen molar-refractivity contribution >= 4 is 40.3 Å². The van der Waals surface area contributed by atoms with Gasteiger partial charge >= 0.3 is 0 Å². The number of benzene rings is 3. The van der Waals surface area contributed by atoms with E-state index in [1.165, 1.54) is 5.56 Å². The van der Waals surface area contributed by atoms with E-state index in [1.54, 1.807) is 42.5 Å². The molecule has 138 valence electrons. The van der Waals surface area contributed by atoms with Crippen LogP contribution in [0.15, 0.2) is 60.7 Å². The molecule has 0 saturated heterocycles. The summed E-state index contributed by atoms with van der Waals surface area (Å²) in [6, 6.07) is 18.1. The fraction of sp³-hybridized carbons (Fsp3) is 0.0870. The minimum Gasteiger partial charge on any atom is -0.332 e. The lowest BCUT2D eigenvalue weighted by Gasteiger charge is -2.21. The number of thiocarbonyl (C=S) groups is 1. The van der Waals surface area contributed by atoms with E-state index < -0.39 is 0 Å². The lowest BCUT2D eigenvalue weighted by Crippen LogP contribution is -2.25. The number of hydrogen-bond donors (Lipinski definition) is 2. The molecule has 0 amide bonds. The van der Waals surface area contributed by atoms with Gasteiger partial charge in [0, 0.05) is 22.4 Å². The topological polar surface area (TPSA) is 58.2 Å². The number of carbonyl (C=O) groups excluding carboxylic acids is 2. The van der Waals surface area contributed by atoms with Crippen molar-refractivity contribution in [2.75, 3.05) is 10.6 Å². The van der Waals surface area contributed by atoms with Crippen LogP contribution in [0.1, 0.15) is 43.0 Å². The van der Waals surface area contributed by atoms with E-state index in [9.17, 15) is 9.59 Å². The van der Waals surface area contributed by atoms with E-state index >= 15 is 0 Å². The van der Waals surface area contributed by atoms with Gasteiger partial charge in [-0.2, -0.15) is 0 Å². The average Bonchev–Trinajstić information content (AvgIpc) is 2.68. The molecule has 0 aromatic heterocycles. The molecule has 1 aliphatic carbocycles. The Labute approximate surface area is 168 Å². The SMILES string of the molecule is Cc1ccc(NC(=S)Nc2cccc3c2C(=O)c2ccccc2C3=O)c(C)c1. The number of hydrogen-bond acceptors (Lipinski definition) is 3. The lowest BCUT2D eigenvalue weighted by atomic mass is 9.83. The van der Waals surface area contributed by atoms with Gasteiger partial charge in [0.1, 0.15) is 0 Å². The van der Waals surface area contributed by atoms with Crippen LogP contribution in [0, 0.1) is 13.8 Å². The van der Waals surface area contributed by atoms with E-state index in [0.29, 0.717) is 33.1 Å². The molecule has 0 radical (unpaired) electrons. The Bertz CT molecular complexity index is 1150. The van der Waals surface area contributed by atoms with Crippen molar-refractivity contribution in [1.29, 1.82) is 0 Å². The second-order valence-corrected chi connectivity index (χ2v) is 7.24. The summed E-state index contributed by atoms with van der Waals surface area (Å²) in [7, 11) is 0. The summed E-state index contributed by atoms with van der Waals surface area (Å²) in [6.45, 7) is 4.03. The molecule has 0 spiro atoms. The Kier molecular flexibility index (Phi) is 4.53. The number of fused-ring (bicyclic) bond motifs is 2. The zero-order valence-electron chi connectivity index (χ0n) is 15.5. The van der Waals surface area contributed by atoms with Crippen molar-refractivity contribution in [3.8, 4) is 0 Å². The number of carbonyl (C=O) groups is 2. The summed E-state index contributed by atoms with van der Waals surface area (Å²) in [5, 5.41) is 6.61. The molecule has 5 heteroatoms. The smallest absolute Gasteiger partial charge is 0.196 e. The van der Waals surface area contributed by atoms with Crippen molar-refractivity contribution in [2.45, 2.75) is 13.8 Å². The molecule has 0 bridgehead atoms. The summed E-state index contributed by atoms with van der Waals surface area (Å²) in [6.07, 6.45) is 0. The standard InChI is InChI=1S/C23H18N2O2S/c1-13-10-11-18(14(2)12-13)24-23(28)25-19-9-5-8-17-20(19)22(27)16-7-4-3-6-15(16)21(17)26/h3-12H,1-2H3,(H2,24,25,28). The van der Waals surface area contributed by atoms with Crippen LogP contribution in [0.5, 0.6) is 0 Å². The second-order valence-electron chi connectivity index (χ2n) is 6.83. The van der Waals surface area contributed by atoms with Crippen molar-refractivity contribution < 1.29 is 9.59 Å². The Morgan fingerprint density at radius 2 is 1.39 bits per heavy atom. The molecule has 4 nitrogen and oxygen atoms in total. The molecule has 0 fully saturated rings. The maximum absolute atomic E-state index is 13.0. The van der Waals surface area contributed by atoms with Crippen molar-refractivity contribution in [2.24, 2.45) is 0 Å². The quantitative estimate of drug-likeness (QED) is 0.481. The van der Waals surface area contributed by atoms with Gasteiger partial charge in [0.05, 0.1) is 11.3 Å². The van der Waals surface area contributed by atoms with Crippen LogP contribution in [0.4, 0.5) is 11.4 Å². The molecule has 2 N–H and O–H groups in total. The van der Waals surface area contributed by atoms with Gasteiger partial charge in [-0.3, -0.25) is 9.59 Å². The molecule has 0 atom stereocenters. The van der Waals surface area contributed by atoms with Crippen LogP contribution in [0.2, 0.25) is 0 Å². The number of aryl methyl sites for hydroxylation is 2. The third-order valence-electron chi connectivity index (χ3n) is 4.83. The highest BCUT2D eigenvalue weighted by Crippen LogP contribution is 2.32. The number of nitrogens with one attached hydrogen (secondary N) is 2. The Balaban J connectivity index is 1.66. The van der Waals surface area contributed by atoms with Gasteiger partial charge in [0.25, 0.3) is 0 Å². The van der Waals surface area contributed by atoms with Gasteiger partial charge in [-0.15, -0.1) is 0 Å². The summed E-state index contributed by atoms with van der Waals surface area (Å²) in [5.74, 6) is -0.329. The minimum atomic E-state index is -0.178. The first kappa shape index (κ1) is 18.1. The normalized spacial score (nSPS) is 12.2. The summed E-state index contributed by atoms with van der Waals surface area (Å²) in [5.41, 5.74) is 5.25. The van der Waals surface area contributed by atoms with Gasteiger partial charge < -0.3 is 10.6 Å². The van der Waals surface area contributed by atoms with E-state index in [4.69, 9.17) is 12.2 Å². The number of ketones is 2. The lowest BCUT2D eigenvalue weighted by molar-refractivity contribution is 0.0979.